The summed E-state index contributed by atoms with van der Waals surface area (Å²) in [7, 11) is 3.26. The SMILES string of the molecule is COc1ccc(-c2oc(N=CN3CCCCCC3)c(C#N)c2-c2ccc(OC)cc2)cc1. The van der Waals surface area contributed by atoms with Crippen LogP contribution in [0.3, 0.4) is 0 Å². The van der Waals surface area contributed by atoms with Crippen LogP contribution in [0.15, 0.2) is 57.9 Å². The van der Waals surface area contributed by atoms with Crippen molar-refractivity contribution in [1.29, 1.82) is 5.26 Å². The Morgan fingerprint density at radius 2 is 1.44 bits per heavy atom. The molecular weight excluding hydrogens is 402 g/mol. The minimum atomic E-state index is 0.327. The summed E-state index contributed by atoms with van der Waals surface area (Å²) in [5.41, 5.74) is 2.87. The number of nitrogens with zero attached hydrogens (tertiary/aromatic N) is 3. The van der Waals surface area contributed by atoms with Crippen molar-refractivity contribution in [3.8, 4) is 40.0 Å². The third kappa shape index (κ3) is 4.62. The molecule has 0 spiro atoms. The molecule has 2 aromatic carbocycles. The monoisotopic (exact) mass is 429 g/mol. The lowest BCUT2D eigenvalue weighted by Gasteiger charge is -2.15. The molecule has 1 aromatic heterocycles. The maximum absolute atomic E-state index is 10.0. The van der Waals surface area contributed by atoms with Crippen LogP contribution in [0.5, 0.6) is 11.5 Å². The first-order valence-electron chi connectivity index (χ1n) is 10.9. The third-order valence-corrected chi connectivity index (χ3v) is 5.71. The summed E-state index contributed by atoms with van der Waals surface area (Å²) in [4.78, 5) is 6.81. The fourth-order valence-corrected chi connectivity index (χ4v) is 3.94. The van der Waals surface area contributed by atoms with E-state index in [1.165, 1.54) is 12.8 Å². The highest BCUT2D eigenvalue weighted by atomic mass is 16.5. The number of aliphatic imine (C=N–C) groups is 1. The van der Waals surface area contributed by atoms with Gasteiger partial charge in [0.15, 0.2) is 0 Å². The molecule has 164 valence electrons. The summed E-state index contributed by atoms with van der Waals surface area (Å²) >= 11 is 0. The zero-order valence-electron chi connectivity index (χ0n) is 18.5. The van der Waals surface area contributed by atoms with Crippen molar-refractivity contribution in [1.82, 2.24) is 4.90 Å². The average Bonchev–Trinajstić information content (AvgIpc) is 3.01. The van der Waals surface area contributed by atoms with E-state index in [0.29, 0.717) is 17.2 Å². The Balaban J connectivity index is 1.79. The minimum absolute atomic E-state index is 0.327. The molecule has 1 aliphatic heterocycles. The normalized spacial score (nSPS) is 14.2. The fraction of sp³-hybridized carbons (Fsp3) is 0.308. The van der Waals surface area contributed by atoms with Crippen LogP contribution < -0.4 is 9.47 Å². The molecule has 3 aromatic rings. The van der Waals surface area contributed by atoms with Gasteiger partial charge in [0, 0.05) is 24.2 Å². The number of ether oxygens (including phenoxy) is 2. The Morgan fingerprint density at radius 1 is 0.875 bits per heavy atom. The van der Waals surface area contributed by atoms with Crippen LogP contribution in [0.1, 0.15) is 31.2 Å². The van der Waals surface area contributed by atoms with Crippen molar-refractivity contribution in [3.05, 3.63) is 54.1 Å². The number of furan rings is 1. The van der Waals surface area contributed by atoms with Crippen molar-refractivity contribution < 1.29 is 13.9 Å². The lowest BCUT2D eigenvalue weighted by molar-refractivity contribution is 0.414. The zero-order valence-corrected chi connectivity index (χ0v) is 18.5. The van der Waals surface area contributed by atoms with Crippen LogP contribution in [0.2, 0.25) is 0 Å². The molecule has 0 bridgehead atoms. The van der Waals surface area contributed by atoms with Gasteiger partial charge in [0.2, 0.25) is 5.88 Å². The molecule has 6 nitrogen and oxygen atoms in total. The minimum Gasteiger partial charge on any atom is -0.497 e. The van der Waals surface area contributed by atoms with Gasteiger partial charge < -0.3 is 18.8 Å². The van der Waals surface area contributed by atoms with Crippen LogP contribution in [-0.4, -0.2) is 38.5 Å². The molecule has 32 heavy (non-hydrogen) atoms. The molecule has 1 fully saturated rings. The molecule has 1 aliphatic rings. The molecular formula is C26H27N3O3. The number of hydrogen-bond donors (Lipinski definition) is 0. The number of hydrogen-bond acceptors (Lipinski definition) is 5. The van der Waals surface area contributed by atoms with Gasteiger partial charge in [-0.1, -0.05) is 25.0 Å². The predicted molar refractivity (Wildman–Crippen MR) is 126 cm³/mol. The molecule has 0 unspecified atom stereocenters. The molecule has 6 heteroatoms. The first kappa shape index (κ1) is 21.5. The Labute approximate surface area is 188 Å². The largest absolute Gasteiger partial charge is 0.497 e. The smallest absolute Gasteiger partial charge is 0.239 e. The number of likely N-dealkylation sites (tertiary alicyclic amines) is 1. The lowest BCUT2D eigenvalue weighted by atomic mass is 9.98. The number of nitriles is 1. The van der Waals surface area contributed by atoms with Crippen molar-refractivity contribution in [2.45, 2.75) is 25.7 Å². The van der Waals surface area contributed by atoms with Gasteiger partial charge in [-0.25, -0.2) is 4.99 Å². The van der Waals surface area contributed by atoms with E-state index >= 15 is 0 Å². The summed E-state index contributed by atoms with van der Waals surface area (Å²) in [5, 5.41) is 10.0. The Kier molecular flexibility index (Phi) is 6.76. The Morgan fingerprint density at radius 3 is 1.97 bits per heavy atom. The predicted octanol–water partition coefficient (Wildman–Crippen LogP) is 6.04. The molecule has 0 atom stereocenters. The van der Waals surface area contributed by atoms with Gasteiger partial charge in [0.05, 0.1) is 20.6 Å². The Bertz CT molecular complexity index is 1100. The van der Waals surface area contributed by atoms with Crippen molar-refractivity contribution in [3.63, 3.8) is 0 Å². The molecule has 4 rings (SSSR count). The highest BCUT2D eigenvalue weighted by molar-refractivity contribution is 5.88. The van der Waals surface area contributed by atoms with Gasteiger partial charge in [-0.2, -0.15) is 5.26 Å². The van der Waals surface area contributed by atoms with Gasteiger partial charge in [-0.15, -0.1) is 0 Å². The fourth-order valence-electron chi connectivity index (χ4n) is 3.94. The second-order valence-corrected chi connectivity index (χ2v) is 7.75. The maximum Gasteiger partial charge on any atom is 0.239 e. The van der Waals surface area contributed by atoms with E-state index in [-0.39, 0.29) is 0 Å². The third-order valence-electron chi connectivity index (χ3n) is 5.71. The van der Waals surface area contributed by atoms with E-state index in [1.807, 2.05) is 54.9 Å². The highest BCUT2D eigenvalue weighted by Crippen LogP contribution is 2.43. The van der Waals surface area contributed by atoms with Gasteiger partial charge >= 0.3 is 0 Å². The molecule has 0 radical (unpaired) electrons. The molecule has 1 saturated heterocycles. The van der Waals surface area contributed by atoms with E-state index in [4.69, 9.17) is 13.9 Å². The van der Waals surface area contributed by atoms with Gasteiger partial charge in [-0.3, -0.25) is 0 Å². The lowest BCUT2D eigenvalue weighted by Crippen LogP contribution is -2.22. The van der Waals surface area contributed by atoms with Crippen molar-refractivity contribution >= 4 is 12.2 Å². The topological polar surface area (TPSA) is 71.0 Å². The number of methoxy groups -OCH3 is 2. The quantitative estimate of drug-likeness (QED) is 0.353. The van der Waals surface area contributed by atoms with Crippen molar-refractivity contribution in [2.75, 3.05) is 27.3 Å². The zero-order chi connectivity index (χ0) is 22.3. The summed E-state index contributed by atoms with van der Waals surface area (Å²) in [6.07, 6.45) is 6.63. The molecule has 0 amide bonds. The first-order valence-corrected chi connectivity index (χ1v) is 10.9. The molecule has 0 saturated carbocycles. The van der Waals surface area contributed by atoms with Crippen LogP contribution in [0, 0.1) is 11.3 Å². The first-order chi connectivity index (χ1) is 15.7. The maximum atomic E-state index is 10.0. The van der Waals surface area contributed by atoms with Crippen LogP contribution in [0.25, 0.3) is 22.5 Å². The van der Waals surface area contributed by atoms with E-state index in [1.54, 1.807) is 14.2 Å². The van der Waals surface area contributed by atoms with E-state index in [0.717, 1.165) is 54.1 Å². The van der Waals surface area contributed by atoms with Gasteiger partial charge in [0.1, 0.15) is 28.9 Å². The standard InChI is InChI=1S/C26H27N3O3/c1-30-21-11-7-19(8-12-21)24-23(17-27)26(28-18-29-15-5-3-4-6-16-29)32-25(24)20-9-13-22(31-2)14-10-20/h7-14,18H,3-6,15-16H2,1-2H3. The summed E-state index contributed by atoms with van der Waals surface area (Å²) in [5.74, 6) is 2.44. The van der Waals surface area contributed by atoms with Crippen LogP contribution in [0.4, 0.5) is 5.88 Å². The molecule has 0 aliphatic carbocycles. The van der Waals surface area contributed by atoms with Crippen LogP contribution >= 0.6 is 0 Å². The summed E-state index contributed by atoms with van der Waals surface area (Å²) in [6.45, 7) is 1.95. The van der Waals surface area contributed by atoms with Crippen LogP contribution in [-0.2, 0) is 0 Å². The highest BCUT2D eigenvalue weighted by Gasteiger charge is 2.23. The molecule has 0 N–H and O–H groups in total. The van der Waals surface area contributed by atoms with E-state index < -0.39 is 0 Å². The summed E-state index contributed by atoms with van der Waals surface area (Å²) in [6, 6.07) is 17.5. The average molecular weight is 430 g/mol. The van der Waals surface area contributed by atoms with E-state index in [2.05, 4.69) is 16.0 Å². The number of rotatable bonds is 6. The second kappa shape index (κ2) is 10.1. The molecule has 2 heterocycles. The Hall–Kier alpha value is -3.72. The number of benzene rings is 2. The van der Waals surface area contributed by atoms with Crippen molar-refractivity contribution in [2.24, 2.45) is 4.99 Å². The van der Waals surface area contributed by atoms with Gasteiger partial charge in [0.25, 0.3) is 0 Å². The second-order valence-electron chi connectivity index (χ2n) is 7.75. The van der Waals surface area contributed by atoms with Gasteiger partial charge in [-0.05, 0) is 54.8 Å². The van der Waals surface area contributed by atoms with E-state index in [9.17, 15) is 5.26 Å². The summed E-state index contributed by atoms with van der Waals surface area (Å²) < 4.78 is 16.8.